The van der Waals surface area contributed by atoms with E-state index >= 15 is 0 Å². The molecule has 0 atom stereocenters. The Labute approximate surface area is 122 Å². The maximum absolute atomic E-state index is 6.03. The lowest BCUT2D eigenvalue weighted by Crippen LogP contribution is -2.39. The van der Waals surface area contributed by atoms with Gasteiger partial charge in [0.1, 0.15) is 0 Å². The van der Waals surface area contributed by atoms with Crippen molar-refractivity contribution in [2.45, 2.75) is 38.3 Å². The summed E-state index contributed by atoms with van der Waals surface area (Å²) in [4.78, 5) is 5.63. The molecule has 4 heteroatoms. The van der Waals surface area contributed by atoms with Gasteiger partial charge in [0.25, 0.3) is 0 Å². The normalized spacial score (nSPS) is 22.2. The number of hydrogen-bond donors (Lipinski definition) is 1. The summed E-state index contributed by atoms with van der Waals surface area (Å²) in [7, 11) is 0. The second-order valence-corrected chi connectivity index (χ2v) is 6.54. The van der Waals surface area contributed by atoms with Crippen LogP contribution >= 0.6 is 22.9 Å². The highest BCUT2D eigenvalue weighted by Gasteiger charge is 2.29. The highest BCUT2D eigenvalue weighted by atomic mass is 35.5. The van der Waals surface area contributed by atoms with Gasteiger partial charge in [-0.3, -0.25) is 0 Å². The fourth-order valence-electron chi connectivity index (χ4n) is 2.55. The minimum atomic E-state index is 0.630. The summed E-state index contributed by atoms with van der Waals surface area (Å²) in [6.45, 7) is 3.02. The van der Waals surface area contributed by atoms with Crippen molar-refractivity contribution in [3.63, 3.8) is 0 Å². The van der Waals surface area contributed by atoms with Gasteiger partial charge < -0.3 is 5.32 Å². The lowest BCUT2D eigenvalue weighted by Gasteiger charge is -2.36. The minimum absolute atomic E-state index is 0.630. The fraction of sp³-hybridized carbons (Fsp3) is 0.400. The number of aromatic nitrogens is 1. The van der Waals surface area contributed by atoms with Crippen molar-refractivity contribution in [2.24, 2.45) is 0 Å². The number of nitrogens with zero attached hydrogens (tertiary/aromatic N) is 1. The van der Waals surface area contributed by atoms with Crippen molar-refractivity contribution in [1.29, 1.82) is 0 Å². The average molecular weight is 293 g/mol. The number of aryl methyl sites for hydroxylation is 1. The molecule has 0 saturated heterocycles. The molecule has 2 aromatic rings. The second kappa shape index (κ2) is 5.61. The van der Waals surface area contributed by atoms with Crippen LogP contribution in [0.5, 0.6) is 0 Å². The van der Waals surface area contributed by atoms with Crippen LogP contribution in [-0.4, -0.2) is 11.0 Å². The van der Waals surface area contributed by atoms with E-state index in [-0.39, 0.29) is 0 Å². The SMILES string of the molecule is Cc1ncsc1CNC1CC(c2cccc(Cl)c2)C1. The number of rotatable bonds is 4. The number of nitrogens with one attached hydrogen (secondary N) is 1. The average Bonchev–Trinajstić information content (AvgIpc) is 2.73. The van der Waals surface area contributed by atoms with Crippen LogP contribution in [0.15, 0.2) is 29.8 Å². The van der Waals surface area contributed by atoms with Crippen molar-refractivity contribution < 1.29 is 0 Å². The molecule has 1 aliphatic carbocycles. The maximum atomic E-state index is 6.03. The van der Waals surface area contributed by atoms with Gasteiger partial charge in [-0.15, -0.1) is 11.3 Å². The Kier molecular flexibility index (Phi) is 3.87. The molecule has 0 unspecified atom stereocenters. The van der Waals surface area contributed by atoms with Gasteiger partial charge in [0, 0.05) is 22.5 Å². The van der Waals surface area contributed by atoms with Crippen LogP contribution in [0.1, 0.15) is 34.9 Å². The van der Waals surface area contributed by atoms with E-state index in [1.165, 1.54) is 23.3 Å². The number of benzene rings is 1. The van der Waals surface area contributed by atoms with Crippen LogP contribution < -0.4 is 5.32 Å². The summed E-state index contributed by atoms with van der Waals surface area (Å²) >= 11 is 7.77. The molecule has 1 saturated carbocycles. The van der Waals surface area contributed by atoms with Gasteiger partial charge in [0.15, 0.2) is 0 Å². The van der Waals surface area contributed by atoms with Gasteiger partial charge in [-0.1, -0.05) is 23.7 Å². The Morgan fingerprint density at radius 1 is 1.42 bits per heavy atom. The van der Waals surface area contributed by atoms with Crippen LogP contribution in [0.4, 0.5) is 0 Å². The van der Waals surface area contributed by atoms with Crippen LogP contribution in [0.25, 0.3) is 0 Å². The predicted molar refractivity (Wildman–Crippen MR) is 80.9 cm³/mol. The molecule has 0 bridgehead atoms. The Hall–Kier alpha value is -0.900. The quantitative estimate of drug-likeness (QED) is 0.916. The smallest absolute Gasteiger partial charge is 0.0798 e. The minimum Gasteiger partial charge on any atom is -0.309 e. The lowest BCUT2D eigenvalue weighted by molar-refractivity contribution is 0.290. The van der Waals surface area contributed by atoms with Gasteiger partial charge in [-0.2, -0.15) is 0 Å². The van der Waals surface area contributed by atoms with E-state index in [4.69, 9.17) is 11.6 Å². The summed E-state index contributed by atoms with van der Waals surface area (Å²) in [5, 5.41) is 4.46. The highest BCUT2D eigenvalue weighted by molar-refractivity contribution is 7.09. The molecular formula is C15H17ClN2S. The first-order chi connectivity index (χ1) is 9.22. The molecule has 1 aromatic carbocycles. The van der Waals surface area contributed by atoms with Crippen LogP contribution in [0.3, 0.4) is 0 Å². The first-order valence-electron chi connectivity index (χ1n) is 6.60. The first kappa shape index (κ1) is 13.1. The molecule has 19 heavy (non-hydrogen) atoms. The van der Waals surface area contributed by atoms with Crippen LogP contribution in [-0.2, 0) is 6.54 Å². The molecule has 100 valence electrons. The van der Waals surface area contributed by atoms with E-state index < -0.39 is 0 Å². The Bertz CT molecular complexity index is 561. The topological polar surface area (TPSA) is 24.9 Å². The number of thiazole rings is 1. The maximum Gasteiger partial charge on any atom is 0.0798 e. The highest BCUT2D eigenvalue weighted by Crippen LogP contribution is 2.37. The second-order valence-electron chi connectivity index (χ2n) is 5.16. The third kappa shape index (κ3) is 2.99. The van der Waals surface area contributed by atoms with Gasteiger partial charge in [-0.05, 0) is 43.4 Å². The molecule has 0 amide bonds. The molecule has 0 aliphatic heterocycles. The van der Waals surface area contributed by atoms with Gasteiger partial charge in [0.05, 0.1) is 11.2 Å². The molecule has 1 heterocycles. The van der Waals surface area contributed by atoms with E-state index in [0.29, 0.717) is 12.0 Å². The van der Waals surface area contributed by atoms with Crippen LogP contribution in [0, 0.1) is 6.92 Å². The molecule has 0 spiro atoms. The third-order valence-electron chi connectivity index (χ3n) is 3.85. The van der Waals surface area contributed by atoms with E-state index in [2.05, 4.69) is 29.4 Å². The van der Waals surface area contributed by atoms with Crippen molar-refractivity contribution in [1.82, 2.24) is 10.3 Å². The summed E-state index contributed by atoms with van der Waals surface area (Å²) in [5.74, 6) is 0.666. The standard InChI is InChI=1S/C15H17ClN2S/c1-10-15(19-9-18-10)8-17-14-6-12(7-14)11-3-2-4-13(16)5-11/h2-5,9,12,14,17H,6-8H2,1H3. The van der Waals surface area contributed by atoms with Crippen molar-refractivity contribution in [3.8, 4) is 0 Å². The molecule has 2 nitrogen and oxygen atoms in total. The molecule has 0 radical (unpaired) electrons. The number of hydrogen-bond acceptors (Lipinski definition) is 3. The zero-order chi connectivity index (χ0) is 13.2. The van der Waals surface area contributed by atoms with E-state index in [0.717, 1.165) is 17.3 Å². The first-order valence-corrected chi connectivity index (χ1v) is 7.86. The van der Waals surface area contributed by atoms with Gasteiger partial charge in [-0.25, -0.2) is 4.98 Å². The Morgan fingerprint density at radius 3 is 2.95 bits per heavy atom. The predicted octanol–water partition coefficient (Wildman–Crippen LogP) is 4.14. The summed E-state index contributed by atoms with van der Waals surface area (Å²) in [5.41, 5.74) is 4.45. The van der Waals surface area contributed by atoms with E-state index in [1.54, 1.807) is 11.3 Å². The molecule has 1 N–H and O–H groups in total. The molecule has 1 fully saturated rings. The Morgan fingerprint density at radius 2 is 2.26 bits per heavy atom. The monoisotopic (exact) mass is 292 g/mol. The lowest BCUT2D eigenvalue weighted by atomic mass is 9.76. The molecular weight excluding hydrogens is 276 g/mol. The van der Waals surface area contributed by atoms with E-state index in [9.17, 15) is 0 Å². The molecule has 1 aromatic heterocycles. The third-order valence-corrected chi connectivity index (χ3v) is 5.02. The van der Waals surface area contributed by atoms with Crippen molar-refractivity contribution in [3.05, 3.63) is 50.9 Å². The Balaban J connectivity index is 1.49. The largest absolute Gasteiger partial charge is 0.309 e. The number of halogens is 1. The molecule has 3 rings (SSSR count). The summed E-state index contributed by atoms with van der Waals surface area (Å²) < 4.78 is 0. The van der Waals surface area contributed by atoms with Gasteiger partial charge >= 0.3 is 0 Å². The van der Waals surface area contributed by atoms with E-state index in [1.807, 2.05) is 17.6 Å². The zero-order valence-electron chi connectivity index (χ0n) is 10.9. The van der Waals surface area contributed by atoms with Crippen molar-refractivity contribution in [2.75, 3.05) is 0 Å². The summed E-state index contributed by atoms with van der Waals surface area (Å²) in [6, 6.07) is 8.88. The summed E-state index contributed by atoms with van der Waals surface area (Å²) in [6.07, 6.45) is 2.41. The fourth-order valence-corrected chi connectivity index (χ4v) is 3.48. The van der Waals surface area contributed by atoms with Crippen molar-refractivity contribution >= 4 is 22.9 Å². The zero-order valence-corrected chi connectivity index (χ0v) is 12.5. The van der Waals surface area contributed by atoms with Crippen LogP contribution in [0.2, 0.25) is 5.02 Å². The van der Waals surface area contributed by atoms with Gasteiger partial charge in [0.2, 0.25) is 0 Å². The molecule has 1 aliphatic rings.